The molecule has 0 saturated carbocycles. The standard InChI is InChI=1S/C19H20N2O7/c1-25-16-6-5-12(8-17(16)26-2)13-9-14(15-4-3-7-28-15)21(20-13)18(22)10-27-11-19(23)24/h3-8,14H,9-11H2,1-2H3,(H,23,24). The van der Waals surface area contributed by atoms with Crippen LogP contribution >= 0.6 is 0 Å². The molecule has 0 bridgehead atoms. The summed E-state index contributed by atoms with van der Waals surface area (Å²) in [5, 5.41) is 14.4. The van der Waals surface area contributed by atoms with E-state index in [4.69, 9.17) is 23.7 Å². The van der Waals surface area contributed by atoms with Crippen molar-refractivity contribution in [3.63, 3.8) is 0 Å². The van der Waals surface area contributed by atoms with Gasteiger partial charge in [-0.2, -0.15) is 5.10 Å². The highest BCUT2D eigenvalue weighted by Gasteiger charge is 2.35. The third-order valence-corrected chi connectivity index (χ3v) is 4.21. The molecule has 28 heavy (non-hydrogen) atoms. The number of hydrogen-bond acceptors (Lipinski definition) is 7. The molecular formula is C19H20N2O7. The van der Waals surface area contributed by atoms with Gasteiger partial charge in [0.2, 0.25) is 0 Å². The van der Waals surface area contributed by atoms with Crippen LogP contribution in [0, 0.1) is 0 Å². The molecule has 0 aliphatic carbocycles. The number of furan rings is 1. The van der Waals surface area contributed by atoms with Crippen molar-refractivity contribution in [1.82, 2.24) is 5.01 Å². The van der Waals surface area contributed by atoms with Gasteiger partial charge in [0.25, 0.3) is 5.91 Å². The molecule has 1 aromatic carbocycles. The zero-order valence-electron chi connectivity index (χ0n) is 15.5. The van der Waals surface area contributed by atoms with E-state index in [1.807, 2.05) is 6.07 Å². The van der Waals surface area contributed by atoms with Gasteiger partial charge in [-0.1, -0.05) is 0 Å². The number of carbonyl (C=O) groups is 2. The molecule has 2 aromatic rings. The van der Waals surface area contributed by atoms with E-state index in [2.05, 4.69) is 5.10 Å². The quantitative estimate of drug-likeness (QED) is 0.737. The van der Waals surface area contributed by atoms with Crippen LogP contribution in [-0.2, 0) is 14.3 Å². The largest absolute Gasteiger partial charge is 0.493 e. The number of nitrogens with zero attached hydrogens (tertiary/aromatic N) is 2. The number of hydrogen-bond donors (Lipinski definition) is 1. The van der Waals surface area contributed by atoms with E-state index in [9.17, 15) is 9.59 Å². The van der Waals surface area contributed by atoms with Gasteiger partial charge in [-0.3, -0.25) is 4.79 Å². The second-order valence-corrected chi connectivity index (χ2v) is 5.98. The number of ether oxygens (including phenoxy) is 3. The van der Waals surface area contributed by atoms with Crippen LogP contribution in [-0.4, -0.2) is 55.1 Å². The fourth-order valence-corrected chi connectivity index (χ4v) is 2.92. The fourth-order valence-electron chi connectivity index (χ4n) is 2.92. The van der Waals surface area contributed by atoms with Crippen LogP contribution in [0.2, 0.25) is 0 Å². The molecule has 1 amide bonds. The number of carbonyl (C=O) groups excluding carboxylic acids is 1. The lowest BCUT2D eigenvalue weighted by Crippen LogP contribution is -2.31. The van der Waals surface area contributed by atoms with E-state index < -0.39 is 31.1 Å². The number of aliphatic carboxylic acids is 1. The highest BCUT2D eigenvalue weighted by Crippen LogP contribution is 2.35. The summed E-state index contributed by atoms with van der Waals surface area (Å²) in [5.74, 6) is 0.101. The normalized spacial score (nSPS) is 16.0. The summed E-state index contributed by atoms with van der Waals surface area (Å²) in [6, 6.07) is 8.42. The maximum Gasteiger partial charge on any atom is 0.329 e. The van der Waals surface area contributed by atoms with Gasteiger partial charge >= 0.3 is 5.97 Å². The molecule has 2 heterocycles. The molecule has 0 saturated heterocycles. The van der Waals surface area contributed by atoms with Gasteiger partial charge in [0.15, 0.2) is 11.5 Å². The van der Waals surface area contributed by atoms with Crippen molar-refractivity contribution < 1.29 is 33.3 Å². The topological polar surface area (TPSA) is 111 Å². The molecule has 9 nitrogen and oxygen atoms in total. The molecule has 0 spiro atoms. The summed E-state index contributed by atoms with van der Waals surface area (Å²) in [6.45, 7) is -0.955. The maximum absolute atomic E-state index is 12.5. The minimum atomic E-state index is -1.15. The minimum absolute atomic E-state index is 0.397. The average molecular weight is 388 g/mol. The molecule has 9 heteroatoms. The molecule has 1 aliphatic heterocycles. The van der Waals surface area contributed by atoms with Crippen LogP contribution in [0.15, 0.2) is 46.1 Å². The van der Waals surface area contributed by atoms with Gasteiger partial charge in [-0.15, -0.1) is 0 Å². The number of hydrazone groups is 1. The first kappa shape index (κ1) is 19.4. The minimum Gasteiger partial charge on any atom is -0.493 e. The fraction of sp³-hybridized carbons (Fsp3) is 0.316. The molecule has 3 rings (SSSR count). The first-order chi connectivity index (χ1) is 13.5. The van der Waals surface area contributed by atoms with Gasteiger partial charge in [-0.25, -0.2) is 9.80 Å². The molecule has 1 N–H and O–H groups in total. The second kappa shape index (κ2) is 8.57. The number of benzene rings is 1. The van der Waals surface area contributed by atoms with Crippen molar-refractivity contribution in [2.24, 2.45) is 5.10 Å². The Morgan fingerprint density at radius 3 is 2.64 bits per heavy atom. The average Bonchev–Trinajstić information content (AvgIpc) is 3.36. The van der Waals surface area contributed by atoms with Crippen molar-refractivity contribution in [1.29, 1.82) is 0 Å². The van der Waals surface area contributed by atoms with Gasteiger partial charge in [0.05, 0.1) is 26.2 Å². The van der Waals surface area contributed by atoms with Crippen molar-refractivity contribution in [3.8, 4) is 11.5 Å². The van der Waals surface area contributed by atoms with E-state index in [1.54, 1.807) is 38.5 Å². The predicted octanol–water partition coefficient (Wildman–Crippen LogP) is 2.08. The summed E-state index contributed by atoms with van der Waals surface area (Å²) in [6.07, 6.45) is 1.95. The summed E-state index contributed by atoms with van der Waals surface area (Å²) >= 11 is 0. The second-order valence-electron chi connectivity index (χ2n) is 5.98. The van der Waals surface area contributed by atoms with Crippen molar-refractivity contribution in [2.75, 3.05) is 27.4 Å². The van der Waals surface area contributed by atoms with Gasteiger partial charge in [0, 0.05) is 12.0 Å². The molecule has 1 aromatic heterocycles. The van der Waals surface area contributed by atoms with Crippen molar-refractivity contribution >= 4 is 17.6 Å². The van der Waals surface area contributed by atoms with E-state index in [-0.39, 0.29) is 0 Å². The Bertz CT molecular complexity index is 876. The predicted molar refractivity (Wildman–Crippen MR) is 97.4 cm³/mol. The highest BCUT2D eigenvalue weighted by atomic mass is 16.5. The van der Waals surface area contributed by atoms with Crippen LogP contribution in [0.3, 0.4) is 0 Å². The molecule has 1 aliphatic rings. The smallest absolute Gasteiger partial charge is 0.329 e. The maximum atomic E-state index is 12.5. The van der Waals surface area contributed by atoms with Crippen LogP contribution < -0.4 is 9.47 Å². The third kappa shape index (κ3) is 4.15. The van der Waals surface area contributed by atoms with E-state index in [0.717, 1.165) is 5.56 Å². The molecule has 0 fully saturated rings. The molecule has 148 valence electrons. The van der Waals surface area contributed by atoms with Crippen LogP contribution in [0.4, 0.5) is 0 Å². The van der Waals surface area contributed by atoms with Crippen molar-refractivity contribution in [2.45, 2.75) is 12.5 Å². The van der Waals surface area contributed by atoms with E-state index >= 15 is 0 Å². The lowest BCUT2D eigenvalue weighted by Gasteiger charge is -2.19. The summed E-state index contributed by atoms with van der Waals surface area (Å²) in [5.41, 5.74) is 1.44. The Kier molecular flexibility index (Phi) is 5.95. The molecule has 1 atom stereocenters. The van der Waals surface area contributed by atoms with Gasteiger partial charge in [0.1, 0.15) is 25.0 Å². The lowest BCUT2D eigenvalue weighted by molar-refractivity contribution is -0.146. The first-order valence-electron chi connectivity index (χ1n) is 8.48. The Morgan fingerprint density at radius 2 is 2.00 bits per heavy atom. The monoisotopic (exact) mass is 388 g/mol. The molecule has 1 unspecified atom stereocenters. The Labute approximate surface area is 161 Å². The Balaban J connectivity index is 1.86. The number of carboxylic acids is 1. The van der Waals surface area contributed by atoms with Crippen LogP contribution in [0.25, 0.3) is 0 Å². The van der Waals surface area contributed by atoms with E-state index in [0.29, 0.717) is 29.4 Å². The Hall–Kier alpha value is -3.33. The third-order valence-electron chi connectivity index (χ3n) is 4.21. The van der Waals surface area contributed by atoms with Crippen molar-refractivity contribution in [3.05, 3.63) is 47.9 Å². The first-order valence-corrected chi connectivity index (χ1v) is 8.48. The number of carboxylic acid groups (broad SMARTS) is 1. The highest BCUT2D eigenvalue weighted by molar-refractivity contribution is 6.03. The number of amides is 1. The van der Waals surface area contributed by atoms with Gasteiger partial charge < -0.3 is 23.7 Å². The number of methoxy groups -OCH3 is 2. The summed E-state index contributed by atoms with van der Waals surface area (Å²) in [4.78, 5) is 23.1. The zero-order chi connectivity index (χ0) is 20.1. The van der Waals surface area contributed by atoms with Crippen LogP contribution in [0.1, 0.15) is 23.8 Å². The molecular weight excluding hydrogens is 368 g/mol. The van der Waals surface area contributed by atoms with E-state index in [1.165, 1.54) is 11.3 Å². The SMILES string of the molecule is COc1ccc(C2=NN(C(=O)COCC(=O)O)C(c3ccco3)C2)cc1OC. The summed E-state index contributed by atoms with van der Waals surface area (Å²) in [7, 11) is 3.09. The summed E-state index contributed by atoms with van der Waals surface area (Å²) < 4.78 is 21.0. The van der Waals surface area contributed by atoms with Gasteiger partial charge in [-0.05, 0) is 30.3 Å². The van der Waals surface area contributed by atoms with Crippen LogP contribution in [0.5, 0.6) is 11.5 Å². The lowest BCUT2D eigenvalue weighted by atomic mass is 10.0. The zero-order valence-corrected chi connectivity index (χ0v) is 15.5. The molecule has 0 radical (unpaired) electrons. The Morgan fingerprint density at radius 1 is 1.21 bits per heavy atom. The number of rotatable bonds is 8.